The van der Waals surface area contributed by atoms with Gasteiger partial charge >= 0.3 is 0 Å². The molecule has 242 valence electrons. The zero-order chi connectivity index (χ0) is 33.0. The fourth-order valence-electron chi connectivity index (χ4n) is 7.77. The topological polar surface area (TPSA) is 70.3 Å². The fourth-order valence-corrected chi connectivity index (χ4v) is 7.77. The molecule has 0 saturated carbocycles. The molecular weight excluding hydrogens is 615 g/mol. The average molecular weight is 650 g/mol. The highest BCUT2D eigenvalue weighted by Crippen LogP contribution is 2.38. The first-order valence-electron chi connectivity index (χ1n) is 17.2. The zero-order valence-electron chi connectivity index (χ0n) is 27.3. The van der Waals surface area contributed by atoms with Crippen LogP contribution in [0.25, 0.3) is 49.3 Å². The molecule has 0 aliphatic carbocycles. The minimum atomic E-state index is -0.0937. The van der Waals surface area contributed by atoms with Crippen molar-refractivity contribution in [3.8, 4) is 5.69 Å². The second-order valence-electron chi connectivity index (χ2n) is 13.1. The van der Waals surface area contributed by atoms with Crippen LogP contribution in [0.4, 0.5) is 0 Å². The molecule has 0 radical (unpaired) electrons. The van der Waals surface area contributed by atoms with Crippen LogP contribution in [0.2, 0.25) is 0 Å². The van der Waals surface area contributed by atoms with Gasteiger partial charge in [0.2, 0.25) is 5.96 Å². The van der Waals surface area contributed by atoms with Gasteiger partial charge in [-0.25, -0.2) is 4.99 Å². The predicted molar refractivity (Wildman–Crippen MR) is 204 cm³/mol. The van der Waals surface area contributed by atoms with E-state index in [9.17, 15) is 0 Å². The van der Waals surface area contributed by atoms with Gasteiger partial charge < -0.3 is 9.88 Å². The van der Waals surface area contributed by atoms with E-state index >= 15 is 0 Å². The van der Waals surface area contributed by atoms with E-state index in [1.165, 1.54) is 43.7 Å². The molecule has 0 bridgehead atoms. The van der Waals surface area contributed by atoms with Crippen LogP contribution in [-0.4, -0.2) is 27.8 Å². The number of nitrogens with zero attached hydrogens (tertiary/aromatic N) is 3. The Hall–Kier alpha value is -5.99. The van der Waals surface area contributed by atoms with Gasteiger partial charge in [-0.1, -0.05) is 115 Å². The summed E-state index contributed by atoms with van der Waals surface area (Å²) in [4.78, 5) is 5.22. The molecule has 50 heavy (non-hydrogen) atoms. The highest BCUT2D eigenvalue weighted by Gasteiger charge is 2.31. The monoisotopic (exact) mass is 649 g/mol. The van der Waals surface area contributed by atoms with E-state index in [1.54, 1.807) is 0 Å². The third-order valence-corrected chi connectivity index (χ3v) is 10.1. The van der Waals surface area contributed by atoms with E-state index in [2.05, 4.69) is 188 Å². The average Bonchev–Trinajstić information content (AvgIpc) is 3.70. The highest BCUT2D eigenvalue weighted by molar-refractivity contribution is 6.21. The molecule has 1 saturated heterocycles. The van der Waals surface area contributed by atoms with Crippen LogP contribution < -0.4 is 21.3 Å². The molecule has 0 amide bonds. The summed E-state index contributed by atoms with van der Waals surface area (Å²) in [5, 5.41) is 19.9. The molecule has 6 aromatic carbocycles. The molecule has 2 aliphatic rings. The van der Waals surface area contributed by atoms with Crippen molar-refractivity contribution in [2.75, 3.05) is 6.54 Å². The van der Waals surface area contributed by atoms with Gasteiger partial charge in [0, 0.05) is 33.4 Å². The fraction of sp³-hybridized carbons (Fsp3) is 0.0930. The quantitative estimate of drug-likeness (QED) is 0.156. The summed E-state index contributed by atoms with van der Waals surface area (Å²) >= 11 is 0. The van der Waals surface area contributed by atoms with E-state index in [-0.39, 0.29) is 18.5 Å². The Bertz CT molecular complexity index is 2540. The molecule has 2 atom stereocenters. The Balaban J connectivity index is 1.06. The molecule has 2 aliphatic heterocycles. The third kappa shape index (κ3) is 4.75. The summed E-state index contributed by atoms with van der Waals surface area (Å²) in [6.07, 6.45) is 1.97. The Labute approximate surface area is 289 Å². The lowest BCUT2D eigenvalue weighted by Crippen LogP contribution is -2.60. The molecular formula is C43H35N7. The molecule has 10 rings (SSSR count). The lowest BCUT2D eigenvalue weighted by molar-refractivity contribution is 0.220. The van der Waals surface area contributed by atoms with Gasteiger partial charge in [-0.3, -0.25) is 20.5 Å². The van der Waals surface area contributed by atoms with Gasteiger partial charge in [-0.15, -0.1) is 0 Å². The largest absolute Gasteiger partial charge is 0.332 e. The van der Waals surface area contributed by atoms with E-state index < -0.39 is 0 Å². The summed E-state index contributed by atoms with van der Waals surface area (Å²) in [5.74, 6) is 0.815. The molecule has 2 unspecified atom stereocenters. The van der Waals surface area contributed by atoms with Crippen molar-refractivity contribution < 1.29 is 0 Å². The Morgan fingerprint density at radius 3 is 1.54 bits per heavy atom. The van der Waals surface area contributed by atoms with Crippen molar-refractivity contribution >= 4 is 49.6 Å². The number of aromatic nitrogens is 2. The second kappa shape index (κ2) is 11.9. The molecule has 8 aromatic rings. The number of rotatable bonds is 4. The van der Waals surface area contributed by atoms with Gasteiger partial charge in [0.05, 0.1) is 47.1 Å². The maximum absolute atomic E-state index is 5.22. The molecule has 7 nitrogen and oxygen atoms in total. The lowest BCUT2D eigenvalue weighted by atomic mass is 10.0. The minimum Gasteiger partial charge on any atom is -0.332 e. The zero-order valence-corrected chi connectivity index (χ0v) is 27.3. The molecule has 0 spiro atoms. The van der Waals surface area contributed by atoms with Gasteiger partial charge in [0.15, 0.2) is 0 Å². The van der Waals surface area contributed by atoms with Crippen LogP contribution >= 0.6 is 0 Å². The van der Waals surface area contributed by atoms with Gasteiger partial charge in [-0.2, -0.15) is 0 Å². The predicted octanol–water partition coefficient (Wildman–Crippen LogP) is 8.09. The molecule has 4 N–H and O–H groups in total. The number of fused-ring (bicyclic) bond motifs is 6. The van der Waals surface area contributed by atoms with Crippen molar-refractivity contribution in [2.45, 2.75) is 18.5 Å². The van der Waals surface area contributed by atoms with Crippen molar-refractivity contribution in [2.24, 2.45) is 4.99 Å². The third-order valence-electron chi connectivity index (χ3n) is 10.1. The van der Waals surface area contributed by atoms with Crippen LogP contribution in [0.5, 0.6) is 0 Å². The van der Waals surface area contributed by atoms with Crippen LogP contribution in [0.1, 0.15) is 23.5 Å². The van der Waals surface area contributed by atoms with Crippen LogP contribution in [0.15, 0.2) is 168 Å². The number of nitrogens with one attached hydrogen (secondary N) is 4. The lowest BCUT2D eigenvalue weighted by Gasteiger charge is -2.40. The van der Waals surface area contributed by atoms with E-state index in [0.29, 0.717) is 6.54 Å². The maximum Gasteiger partial charge on any atom is 0.207 e. The minimum absolute atomic E-state index is 0.0324. The normalized spacial score (nSPS) is 19.5. The Morgan fingerprint density at radius 1 is 0.460 bits per heavy atom. The highest BCUT2D eigenvalue weighted by atomic mass is 15.4. The molecule has 7 heteroatoms. The summed E-state index contributed by atoms with van der Waals surface area (Å²) in [7, 11) is 0. The first-order chi connectivity index (χ1) is 24.8. The first kappa shape index (κ1) is 29.0. The van der Waals surface area contributed by atoms with Crippen molar-refractivity contribution in [1.82, 2.24) is 30.4 Å². The SMILES string of the molecule is C1=C(C2NC(c3ccccc3)NC(c3ccccc3)N2)CN=C(n2c3ccccc3c3cc4c5ccccc5n(-c5ccccc5)c4cc32)N1. The van der Waals surface area contributed by atoms with Gasteiger partial charge in [-0.05, 0) is 53.1 Å². The van der Waals surface area contributed by atoms with Gasteiger partial charge in [0.1, 0.15) is 0 Å². The smallest absolute Gasteiger partial charge is 0.207 e. The van der Waals surface area contributed by atoms with E-state index in [0.717, 1.165) is 28.3 Å². The van der Waals surface area contributed by atoms with Crippen LogP contribution in [-0.2, 0) is 0 Å². The van der Waals surface area contributed by atoms with Crippen molar-refractivity contribution in [1.29, 1.82) is 0 Å². The summed E-state index contributed by atoms with van der Waals surface area (Å²) < 4.78 is 4.66. The summed E-state index contributed by atoms with van der Waals surface area (Å²) in [5.41, 5.74) is 9.28. The number of aliphatic imine (C=N–C) groups is 1. The van der Waals surface area contributed by atoms with Crippen LogP contribution in [0.3, 0.4) is 0 Å². The number of benzene rings is 6. The van der Waals surface area contributed by atoms with E-state index in [4.69, 9.17) is 4.99 Å². The number of hydrogen-bond donors (Lipinski definition) is 4. The Kier molecular flexibility index (Phi) is 6.87. The first-order valence-corrected chi connectivity index (χ1v) is 17.2. The molecule has 2 aromatic heterocycles. The van der Waals surface area contributed by atoms with Gasteiger partial charge in [0.25, 0.3) is 0 Å². The summed E-state index contributed by atoms with van der Waals surface area (Å²) in [6.45, 7) is 0.552. The maximum atomic E-state index is 5.22. The Morgan fingerprint density at radius 2 is 0.960 bits per heavy atom. The summed E-state index contributed by atoms with van der Waals surface area (Å²) in [6, 6.07) is 53.8. The molecule has 4 heterocycles. The van der Waals surface area contributed by atoms with E-state index in [1.807, 2.05) is 0 Å². The van der Waals surface area contributed by atoms with Crippen molar-refractivity contribution in [3.05, 3.63) is 175 Å². The van der Waals surface area contributed by atoms with Crippen LogP contribution in [0, 0.1) is 0 Å². The number of hydrogen-bond acceptors (Lipinski definition) is 5. The standard InChI is InChI=1S/C43H35N7/c1-4-14-28(15-5-1)40-46-41(29-16-6-2-7-17-29)48-42(47-40)30-26-44-43(45-27-30)50-37-23-13-11-21-33(37)35-24-34-32-20-10-12-22-36(32)49(38(34)25-39(35)50)31-18-8-3-9-19-31/h1-26,40-42,46-48H,27H2,(H,44,45). The van der Waals surface area contributed by atoms with Crippen molar-refractivity contribution in [3.63, 3.8) is 0 Å². The second-order valence-corrected chi connectivity index (χ2v) is 13.1. The number of para-hydroxylation sites is 3. The molecule has 1 fully saturated rings.